The second kappa shape index (κ2) is 9.23. The number of aromatic nitrogens is 1. The monoisotopic (exact) mass is 449 g/mol. The minimum Gasteiger partial charge on any atom is -0.322 e. The number of alkyl halides is 2. The lowest BCUT2D eigenvalue weighted by molar-refractivity contribution is 0.102. The Balaban J connectivity index is 1.80. The zero-order chi connectivity index (χ0) is 21.7. The molecule has 0 atom stereocenters. The lowest BCUT2D eigenvalue weighted by atomic mass is 10.2. The van der Waals surface area contributed by atoms with Crippen molar-refractivity contribution in [1.82, 2.24) is 4.98 Å². The fraction of sp³-hybridized carbons (Fsp3) is 0.100. The number of hydrogen-bond donors (Lipinski definition) is 2. The molecule has 0 aliphatic heterocycles. The molecule has 2 N–H and O–H groups in total. The van der Waals surface area contributed by atoms with E-state index in [-0.39, 0.29) is 10.6 Å². The van der Waals surface area contributed by atoms with Crippen LogP contribution in [-0.2, 0) is 10.0 Å². The lowest BCUT2D eigenvalue weighted by Crippen LogP contribution is -2.16. The Kier molecular flexibility index (Phi) is 6.68. The molecule has 1 amide bonds. The van der Waals surface area contributed by atoms with Gasteiger partial charge in [0.1, 0.15) is 0 Å². The van der Waals surface area contributed by atoms with E-state index < -0.39 is 21.7 Å². The molecule has 1 aromatic heterocycles. The molecule has 3 rings (SSSR count). The van der Waals surface area contributed by atoms with Crippen LogP contribution in [0.25, 0.3) is 0 Å². The van der Waals surface area contributed by atoms with E-state index in [1.165, 1.54) is 42.7 Å². The van der Waals surface area contributed by atoms with Crippen molar-refractivity contribution < 1.29 is 22.0 Å². The third-order valence-corrected chi connectivity index (χ3v) is 6.24. The van der Waals surface area contributed by atoms with Crippen LogP contribution in [0, 0.1) is 6.92 Å². The number of carbonyl (C=O) groups is 1. The Bertz CT molecular complexity index is 1140. The first-order valence-electron chi connectivity index (χ1n) is 8.64. The van der Waals surface area contributed by atoms with Gasteiger partial charge in [0.05, 0.1) is 10.5 Å². The van der Waals surface area contributed by atoms with E-state index in [4.69, 9.17) is 0 Å². The topological polar surface area (TPSA) is 88.2 Å². The second-order valence-corrected chi connectivity index (χ2v) is 8.90. The summed E-state index contributed by atoms with van der Waals surface area (Å²) in [5.41, 5.74) is 1.35. The van der Waals surface area contributed by atoms with Crippen molar-refractivity contribution >= 4 is 39.1 Å². The SMILES string of the molecule is Cc1ccc(NC(=O)c2cccnc2)cc1S(=O)(=O)Nc1ccc(SC(F)F)cc1. The maximum absolute atomic E-state index is 12.8. The average molecular weight is 450 g/mol. The number of nitrogens with one attached hydrogen (secondary N) is 2. The number of nitrogens with zero attached hydrogens (tertiary/aromatic N) is 1. The largest absolute Gasteiger partial charge is 0.322 e. The second-order valence-electron chi connectivity index (χ2n) is 6.18. The molecular weight excluding hydrogens is 432 g/mol. The Morgan fingerprint density at radius 3 is 2.40 bits per heavy atom. The molecule has 0 bridgehead atoms. The number of pyridine rings is 1. The molecule has 10 heteroatoms. The predicted octanol–water partition coefficient (Wildman–Crippen LogP) is 4.76. The van der Waals surface area contributed by atoms with E-state index in [0.717, 1.165) is 0 Å². The van der Waals surface area contributed by atoms with Crippen LogP contribution in [0.4, 0.5) is 20.2 Å². The van der Waals surface area contributed by atoms with Crippen LogP contribution in [0.5, 0.6) is 0 Å². The molecule has 0 saturated heterocycles. The standard InChI is InChI=1S/C20H17F2N3O3S2/c1-13-4-5-16(24-19(26)14-3-2-10-23-12-14)11-18(13)30(27,28)25-15-6-8-17(9-7-15)29-20(21)22/h2-12,20,25H,1H3,(H,24,26). The van der Waals surface area contributed by atoms with Crippen LogP contribution in [0.15, 0.2) is 76.8 Å². The number of anilines is 2. The van der Waals surface area contributed by atoms with Crippen molar-refractivity contribution in [3.05, 3.63) is 78.1 Å². The van der Waals surface area contributed by atoms with Crippen LogP contribution < -0.4 is 10.0 Å². The quantitative estimate of drug-likeness (QED) is 0.508. The molecule has 0 unspecified atom stereocenters. The zero-order valence-electron chi connectivity index (χ0n) is 15.7. The van der Waals surface area contributed by atoms with Gasteiger partial charge in [-0.2, -0.15) is 8.78 Å². The van der Waals surface area contributed by atoms with Crippen molar-refractivity contribution in [2.75, 3.05) is 10.0 Å². The zero-order valence-corrected chi connectivity index (χ0v) is 17.3. The van der Waals surface area contributed by atoms with Gasteiger partial charge < -0.3 is 5.32 Å². The van der Waals surface area contributed by atoms with Gasteiger partial charge in [-0.1, -0.05) is 17.8 Å². The van der Waals surface area contributed by atoms with Gasteiger partial charge in [-0.25, -0.2) is 8.42 Å². The Morgan fingerprint density at radius 1 is 1.07 bits per heavy atom. The molecule has 0 radical (unpaired) electrons. The van der Waals surface area contributed by atoms with Crippen LogP contribution in [-0.4, -0.2) is 25.1 Å². The third-order valence-electron chi connectivity index (χ3n) is 3.99. The van der Waals surface area contributed by atoms with Gasteiger partial charge >= 0.3 is 0 Å². The first-order valence-corrected chi connectivity index (χ1v) is 11.0. The maximum Gasteiger partial charge on any atom is 0.288 e. The van der Waals surface area contributed by atoms with Gasteiger partial charge in [0, 0.05) is 28.7 Å². The molecule has 6 nitrogen and oxygen atoms in total. The number of sulfonamides is 1. The number of hydrogen-bond acceptors (Lipinski definition) is 5. The number of rotatable bonds is 7. The molecule has 0 aliphatic carbocycles. The molecule has 0 aliphatic rings. The summed E-state index contributed by atoms with van der Waals surface area (Å²) in [6.45, 7) is 1.63. The van der Waals surface area contributed by atoms with Crippen LogP contribution in [0.2, 0.25) is 0 Å². The van der Waals surface area contributed by atoms with Crippen molar-refractivity contribution in [1.29, 1.82) is 0 Å². The van der Waals surface area contributed by atoms with Gasteiger partial charge in [-0.3, -0.25) is 14.5 Å². The highest BCUT2D eigenvalue weighted by Crippen LogP contribution is 2.28. The van der Waals surface area contributed by atoms with Gasteiger partial charge in [0.25, 0.3) is 21.7 Å². The first-order chi connectivity index (χ1) is 14.2. The number of amides is 1. The minimum absolute atomic E-state index is 0.0162. The molecule has 30 heavy (non-hydrogen) atoms. The summed E-state index contributed by atoms with van der Waals surface area (Å²) >= 11 is 0.375. The number of thioether (sulfide) groups is 1. The van der Waals surface area contributed by atoms with Crippen LogP contribution >= 0.6 is 11.8 Å². The predicted molar refractivity (Wildman–Crippen MR) is 112 cm³/mol. The highest BCUT2D eigenvalue weighted by atomic mass is 32.2. The number of benzene rings is 2. The lowest BCUT2D eigenvalue weighted by Gasteiger charge is -2.13. The number of halogens is 2. The van der Waals surface area contributed by atoms with Crippen LogP contribution in [0.3, 0.4) is 0 Å². The van der Waals surface area contributed by atoms with E-state index in [1.54, 1.807) is 31.2 Å². The molecule has 0 spiro atoms. The Labute approximate surface area is 176 Å². The number of aryl methyl sites for hydroxylation is 1. The fourth-order valence-electron chi connectivity index (χ4n) is 2.58. The smallest absolute Gasteiger partial charge is 0.288 e. The van der Waals surface area contributed by atoms with E-state index in [0.29, 0.717) is 33.5 Å². The Hall–Kier alpha value is -2.98. The summed E-state index contributed by atoms with van der Waals surface area (Å²) in [5.74, 6) is -2.98. The summed E-state index contributed by atoms with van der Waals surface area (Å²) < 4.78 is 52.9. The molecule has 156 valence electrons. The first kappa shape index (κ1) is 21.7. The highest BCUT2D eigenvalue weighted by Gasteiger charge is 2.19. The summed E-state index contributed by atoms with van der Waals surface area (Å²) in [4.78, 5) is 16.5. The summed E-state index contributed by atoms with van der Waals surface area (Å²) in [5, 5.41) is 2.64. The third kappa shape index (κ3) is 5.55. The van der Waals surface area contributed by atoms with Gasteiger partial charge in [-0.15, -0.1) is 0 Å². The van der Waals surface area contributed by atoms with Crippen molar-refractivity contribution in [2.24, 2.45) is 0 Å². The van der Waals surface area contributed by atoms with Crippen molar-refractivity contribution in [2.45, 2.75) is 22.5 Å². The highest BCUT2D eigenvalue weighted by molar-refractivity contribution is 7.99. The molecule has 1 heterocycles. The van der Waals surface area contributed by atoms with E-state index in [2.05, 4.69) is 15.0 Å². The van der Waals surface area contributed by atoms with Crippen molar-refractivity contribution in [3.63, 3.8) is 0 Å². The molecule has 0 saturated carbocycles. The molecule has 0 fully saturated rings. The maximum atomic E-state index is 12.8. The number of carbonyl (C=O) groups excluding carboxylic acids is 1. The van der Waals surface area contributed by atoms with Gasteiger partial charge in [0.15, 0.2) is 0 Å². The molecule has 3 aromatic rings. The normalized spacial score (nSPS) is 11.3. The van der Waals surface area contributed by atoms with Gasteiger partial charge in [0.2, 0.25) is 0 Å². The van der Waals surface area contributed by atoms with Crippen LogP contribution in [0.1, 0.15) is 15.9 Å². The molecular formula is C20H17F2N3O3S2. The minimum atomic E-state index is -3.97. The van der Waals surface area contributed by atoms with Gasteiger partial charge in [-0.05, 0) is 61.0 Å². The van der Waals surface area contributed by atoms with E-state index >= 15 is 0 Å². The van der Waals surface area contributed by atoms with Crippen molar-refractivity contribution in [3.8, 4) is 0 Å². The van der Waals surface area contributed by atoms with E-state index in [9.17, 15) is 22.0 Å². The summed E-state index contributed by atoms with van der Waals surface area (Å²) in [7, 11) is -3.97. The summed E-state index contributed by atoms with van der Waals surface area (Å²) in [6, 6.07) is 13.4. The fourth-order valence-corrected chi connectivity index (χ4v) is 4.41. The Morgan fingerprint density at radius 2 is 1.77 bits per heavy atom. The molecule has 2 aromatic carbocycles. The van der Waals surface area contributed by atoms with E-state index in [1.807, 2.05) is 0 Å². The average Bonchev–Trinajstić information content (AvgIpc) is 2.71. The summed E-state index contributed by atoms with van der Waals surface area (Å²) in [6.07, 6.45) is 2.94.